The quantitative estimate of drug-likeness (QED) is 0.610. The fourth-order valence-corrected chi connectivity index (χ4v) is 3.11. The molecule has 1 aliphatic carbocycles. The van der Waals surface area contributed by atoms with E-state index in [1.807, 2.05) is 0 Å². The van der Waals surface area contributed by atoms with Crippen molar-refractivity contribution in [2.45, 2.75) is 65.2 Å². The molecule has 1 fully saturated rings. The Hall–Kier alpha value is -0.780. The minimum absolute atomic E-state index is 0.271. The Kier molecular flexibility index (Phi) is 3.84. The summed E-state index contributed by atoms with van der Waals surface area (Å²) in [6, 6.07) is 9.40. The summed E-state index contributed by atoms with van der Waals surface area (Å²) in [6.07, 6.45) is 4.14. The lowest BCUT2D eigenvalue weighted by Gasteiger charge is -2.32. The lowest BCUT2D eigenvalue weighted by Crippen LogP contribution is -2.19. The summed E-state index contributed by atoms with van der Waals surface area (Å²) >= 11 is 0. The second-order valence-electron chi connectivity index (χ2n) is 7.34. The van der Waals surface area contributed by atoms with E-state index >= 15 is 0 Å². The van der Waals surface area contributed by atoms with Crippen molar-refractivity contribution in [1.29, 1.82) is 0 Å². The van der Waals surface area contributed by atoms with Gasteiger partial charge in [-0.15, -0.1) is 0 Å². The molecule has 0 aromatic heterocycles. The predicted molar refractivity (Wildman–Crippen MR) is 80.1 cm³/mol. The molecule has 1 aromatic rings. The van der Waals surface area contributed by atoms with Crippen LogP contribution in [0.1, 0.15) is 70.9 Å². The van der Waals surface area contributed by atoms with Crippen LogP contribution in [0.5, 0.6) is 0 Å². The van der Waals surface area contributed by atoms with Crippen LogP contribution in [-0.2, 0) is 5.41 Å². The Balaban J connectivity index is 2.11. The SMILES string of the molecule is C[C@H]1CC[C@H](c2ccc(C(C)(C)C)cc2)C[C@@H]1C. The topological polar surface area (TPSA) is 0 Å². The van der Waals surface area contributed by atoms with Crippen molar-refractivity contribution in [3.8, 4) is 0 Å². The van der Waals surface area contributed by atoms with Crippen LogP contribution in [0.3, 0.4) is 0 Å². The average Bonchev–Trinajstić information content (AvgIpc) is 2.32. The van der Waals surface area contributed by atoms with Crippen molar-refractivity contribution in [3.05, 3.63) is 35.4 Å². The van der Waals surface area contributed by atoms with Gasteiger partial charge in [0.25, 0.3) is 0 Å². The Labute approximate surface area is 113 Å². The number of benzene rings is 1. The van der Waals surface area contributed by atoms with Gasteiger partial charge in [0.1, 0.15) is 0 Å². The normalized spacial score (nSPS) is 29.3. The fraction of sp³-hybridized carbons (Fsp3) is 0.667. The van der Waals surface area contributed by atoms with Crippen LogP contribution in [0, 0.1) is 11.8 Å². The van der Waals surface area contributed by atoms with Crippen LogP contribution in [0.2, 0.25) is 0 Å². The first kappa shape index (κ1) is 13.6. The predicted octanol–water partition coefficient (Wildman–Crippen LogP) is 5.52. The summed E-state index contributed by atoms with van der Waals surface area (Å²) < 4.78 is 0. The zero-order valence-electron chi connectivity index (χ0n) is 12.7. The van der Waals surface area contributed by atoms with Crippen molar-refractivity contribution in [3.63, 3.8) is 0 Å². The lowest BCUT2D eigenvalue weighted by molar-refractivity contribution is 0.250. The van der Waals surface area contributed by atoms with E-state index in [1.54, 1.807) is 5.56 Å². The number of hydrogen-bond donors (Lipinski definition) is 0. The third-order valence-corrected chi connectivity index (χ3v) is 4.85. The summed E-state index contributed by atoms with van der Waals surface area (Å²) in [7, 11) is 0. The molecule has 0 heterocycles. The van der Waals surface area contributed by atoms with Gasteiger partial charge in [0, 0.05) is 0 Å². The van der Waals surface area contributed by atoms with Gasteiger partial charge in [-0.25, -0.2) is 0 Å². The molecule has 18 heavy (non-hydrogen) atoms. The smallest absolute Gasteiger partial charge is 0.0132 e. The maximum atomic E-state index is 2.42. The van der Waals surface area contributed by atoms with E-state index in [4.69, 9.17) is 0 Å². The minimum atomic E-state index is 0.271. The van der Waals surface area contributed by atoms with Crippen LogP contribution in [0.25, 0.3) is 0 Å². The van der Waals surface area contributed by atoms with Crippen molar-refractivity contribution < 1.29 is 0 Å². The molecule has 0 nitrogen and oxygen atoms in total. The molecule has 0 amide bonds. The highest BCUT2D eigenvalue weighted by molar-refractivity contribution is 5.29. The van der Waals surface area contributed by atoms with Gasteiger partial charge in [0.2, 0.25) is 0 Å². The molecule has 0 radical (unpaired) electrons. The number of hydrogen-bond acceptors (Lipinski definition) is 0. The standard InChI is InChI=1S/C18H28/c1-13-6-7-16(12-14(13)2)15-8-10-17(11-9-15)18(3,4)5/h8-11,13-14,16H,6-7,12H2,1-5H3/t13-,14-,16-/m0/s1. The van der Waals surface area contributed by atoms with Crippen LogP contribution >= 0.6 is 0 Å². The van der Waals surface area contributed by atoms with E-state index in [9.17, 15) is 0 Å². The zero-order valence-corrected chi connectivity index (χ0v) is 12.7. The summed E-state index contributed by atoms with van der Waals surface area (Å²) in [6.45, 7) is 11.7. The van der Waals surface area contributed by atoms with Gasteiger partial charge in [-0.05, 0) is 53.6 Å². The van der Waals surface area contributed by atoms with Crippen LogP contribution in [0.15, 0.2) is 24.3 Å². The Bertz CT molecular complexity index is 379. The first-order chi connectivity index (χ1) is 8.38. The molecule has 0 N–H and O–H groups in total. The first-order valence-electron chi connectivity index (χ1n) is 7.48. The van der Waals surface area contributed by atoms with Crippen LogP contribution in [0.4, 0.5) is 0 Å². The molecule has 1 aromatic carbocycles. The molecule has 0 spiro atoms. The monoisotopic (exact) mass is 244 g/mol. The highest BCUT2D eigenvalue weighted by atomic mass is 14.3. The van der Waals surface area contributed by atoms with Crippen molar-refractivity contribution >= 4 is 0 Å². The fourth-order valence-electron chi connectivity index (χ4n) is 3.11. The maximum Gasteiger partial charge on any atom is -0.0132 e. The lowest BCUT2D eigenvalue weighted by atomic mass is 9.73. The molecule has 0 aliphatic heterocycles. The van der Waals surface area contributed by atoms with Crippen molar-refractivity contribution in [1.82, 2.24) is 0 Å². The summed E-state index contributed by atoms with van der Waals surface area (Å²) in [5, 5.41) is 0. The van der Waals surface area contributed by atoms with Crippen molar-refractivity contribution in [2.75, 3.05) is 0 Å². The third kappa shape index (κ3) is 2.96. The minimum Gasteiger partial charge on any atom is -0.0623 e. The zero-order chi connectivity index (χ0) is 13.3. The van der Waals surface area contributed by atoms with Crippen LogP contribution in [-0.4, -0.2) is 0 Å². The molecule has 0 saturated heterocycles. The van der Waals surface area contributed by atoms with E-state index in [0.717, 1.165) is 17.8 Å². The van der Waals surface area contributed by atoms with Crippen molar-refractivity contribution in [2.24, 2.45) is 11.8 Å². The Morgan fingerprint density at radius 3 is 2.00 bits per heavy atom. The second-order valence-corrected chi connectivity index (χ2v) is 7.34. The average molecular weight is 244 g/mol. The first-order valence-corrected chi connectivity index (χ1v) is 7.48. The number of rotatable bonds is 1. The molecule has 0 unspecified atom stereocenters. The van der Waals surface area contributed by atoms with Crippen LogP contribution < -0.4 is 0 Å². The summed E-state index contributed by atoms with van der Waals surface area (Å²) in [4.78, 5) is 0. The van der Waals surface area contributed by atoms with Gasteiger partial charge in [-0.2, -0.15) is 0 Å². The summed E-state index contributed by atoms with van der Waals surface area (Å²) in [5.41, 5.74) is 3.28. The second kappa shape index (κ2) is 5.07. The third-order valence-electron chi connectivity index (χ3n) is 4.85. The van der Waals surface area contributed by atoms with Gasteiger partial charge >= 0.3 is 0 Å². The van der Waals surface area contributed by atoms with Gasteiger partial charge < -0.3 is 0 Å². The molecule has 100 valence electrons. The Morgan fingerprint density at radius 2 is 1.50 bits per heavy atom. The largest absolute Gasteiger partial charge is 0.0623 e. The summed E-state index contributed by atoms with van der Waals surface area (Å²) in [5.74, 6) is 2.59. The van der Waals surface area contributed by atoms with E-state index < -0.39 is 0 Å². The van der Waals surface area contributed by atoms with Gasteiger partial charge in [0.05, 0.1) is 0 Å². The molecule has 3 atom stereocenters. The highest BCUT2D eigenvalue weighted by Gasteiger charge is 2.25. The van der Waals surface area contributed by atoms with Gasteiger partial charge in [-0.1, -0.05) is 58.9 Å². The molecule has 0 heteroatoms. The van der Waals surface area contributed by atoms with E-state index in [2.05, 4.69) is 58.9 Å². The van der Waals surface area contributed by atoms with E-state index in [0.29, 0.717) is 0 Å². The van der Waals surface area contributed by atoms with Gasteiger partial charge in [0.15, 0.2) is 0 Å². The molecular weight excluding hydrogens is 216 g/mol. The van der Waals surface area contributed by atoms with Gasteiger partial charge in [-0.3, -0.25) is 0 Å². The molecule has 2 rings (SSSR count). The van der Waals surface area contributed by atoms with E-state index in [1.165, 1.54) is 24.8 Å². The Morgan fingerprint density at radius 1 is 0.889 bits per heavy atom. The molecule has 0 bridgehead atoms. The molecule has 1 saturated carbocycles. The highest BCUT2D eigenvalue weighted by Crippen LogP contribution is 2.39. The molecule has 1 aliphatic rings. The van der Waals surface area contributed by atoms with E-state index in [-0.39, 0.29) is 5.41 Å². The maximum absolute atomic E-state index is 2.42. The molecular formula is C18H28.